The molecule has 0 spiro atoms. The number of benzene rings is 2. The van der Waals surface area contributed by atoms with Gasteiger partial charge in [0.2, 0.25) is 0 Å². The van der Waals surface area contributed by atoms with E-state index in [9.17, 15) is 4.79 Å². The number of rotatable bonds is 3. The Labute approximate surface area is 122 Å². The Bertz CT molecular complexity index is 607. The van der Waals surface area contributed by atoms with Gasteiger partial charge in [0, 0.05) is 16.1 Å². The molecule has 0 heterocycles. The van der Waals surface area contributed by atoms with Crippen LogP contribution in [0.25, 0.3) is 10.8 Å². The van der Waals surface area contributed by atoms with Crippen LogP contribution in [0, 0.1) is 5.92 Å². The highest BCUT2D eigenvalue weighted by Crippen LogP contribution is 2.21. The van der Waals surface area contributed by atoms with Crippen molar-refractivity contribution in [3.63, 3.8) is 0 Å². The lowest BCUT2D eigenvalue weighted by molar-refractivity contribution is 0.0930. The summed E-state index contributed by atoms with van der Waals surface area (Å²) in [5, 5.41) is 5.23. The maximum Gasteiger partial charge on any atom is 0.251 e. The van der Waals surface area contributed by atoms with E-state index in [1.165, 1.54) is 0 Å². The van der Waals surface area contributed by atoms with Gasteiger partial charge in [-0.1, -0.05) is 41.9 Å². The average Bonchev–Trinajstić information content (AvgIpc) is 2.37. The van der Waals surface area contributed by atoms with E-state index in [2.05, 4.69) is 35.1 Å². The Morgan fingerprint density at radius 3 is 2.37 bits per heavy atom. The highest BCUT2D eigenvalue weighted by Gasteiger charge is 2.12. The molecule has 1 amide bonds. The number of hydrogen-bond acceptors (Lipinski definition) is 1. The lowest BCUT2D eigenvalue weighted by Gasteiger charge is -2.17. The van der Waals surface area contributed by atoms with Crippen molar-refractivity contribution in [2.24, 2.45) is 5.92 Å². The van der Waals surface area contributed by atoms with Crippen LogP contribution in [0.5, 0.6) is 0 Å². The molecule has 100 valence electrons. The highest BCUT2D eigenvalue weighted by molar-refractivity contribution is 9.10. The van der Waals surface area contributed by atoms with Crippen LogP contribution < -0.4 is 5.32 Å². The van der Waals surface area contributed by atoms with Crippen molar-refractivity contribution in [2.75, 3.05) is 0 Å². The van der Waals surface area contributed by atoms with E-state index in [0.29, 0.717) is 11.5 Å². The van der Waals surface area contributed by atoms with Gasteiger partial charge in [0.05, 0.1) is 0 Å². The summed E-state index contributed by atoms with van der Waals surface area (Å²) in [6.07, 6.45) is 0. The topological polar surface area (TPSA) is 29.1 Å². The molecule has 0 saturated carbocycles. The van der Waals surface area contributed by atoms with Crippen LogP contribution in [0.4, 0.5) is 0 Å². The number of halogens is 1. The van der Waals surface area contributed by atoms with Crippen LogP contribution in [-0.2, 0) is 0 Å². The van der Waals surface area contributed by atoms with Gasteiger partial charge in [-0.3, -0.25) is 4.79 Å². The first-order valence-electron chi connectivity index (χ1n) is 6.47. The molecule has 19 heavy (non-hydrogen) atoms. The summed E-state index contributed by atoms with van der Waals surface area (Å²) >= 11 is 3.45. The molecule has 0 radical (unpaired) electrons. The van der Waals surface area contributed by atoms with Gasteiger partial charge in [-0.25, -0.2) is 0 Å². The van der Waals surface area contributed by atoms with E-state index >= 15 is 0 Å². The lowest BCUT2D eigenvalue weighted by Crippen LogP contribution is -2.36. The second kappa shape index (κ2) is 5.74. The molecule has 0 aliphatic rings. The standard InChI is InChI=1S/C16H18BrNO/c1-10(2)11(3)18-16(19)14-5-4-13-9-15(17)7-6-12(13)8-14/h4-11H,1-3H3,(H,18,19). The number of fused-ring (bicyclic) bond motifs is 1. The minimum atomic E-state index is -0.00832. The second-order valence-electron chi connectivity index (χ2n) is 5.21. The summed E-state index contributed by atoms with van der Waals surface area (Å²) in [6.45, 7) is 6.23. The monoisotopic (exact) mass is 319 g/mol. The first-order valence-corrected chi connectivity index (χ1v) is 7.27. The third-order valence-corrected chi connectivity index (χ3v) is 3.92. The predicted molar refractivity (Wildman–Crippen MR) is 83.4 cm³/mol. The van der Waals surface area contributed by atoms with E-state index in [1.807, 2.05) is 43.3 Å². The van der Waals surface area contributed by atoms with Crippen LogP contribution in [-0.4, -0.2) is 11.9 Å². The maximum atomic E-state index is 12.1. The van der Waals surface area contributed by atoms with Crippen LogP contribution in [0.1, 0.15) is 31.1 Å². The fourth-order valence-corrected chi connectivity index (χ4v) is 2.19. The average molecular weight is 320 g/mol. The first-order chi connectivity index (χ1) is 8.97. The van der Waals surface area contributed by atoms with E-state index in [0.717, 1.165) is 15.2 Å². The molecule has 0 fully saturated rings. The first kappa shape index (κ1) is 14.1. The molecule has 0 aliphatic heterocycles. The summed E-state index contributed by atoms with van der Waals surface area (Å²) < 4.78 is 1.05. The molecule has 0 aromatic heterocycles. The zero-order chi connectivity index (χ0) is 14.0. The molecule has 2 aromatic carbocycles. The fraction of sp³-hybridized carbons (Fsp3) is 0.312. The van der Waals surface area contributed by atoms with Gasteiger partial charge < -0.3 is 5.32 Å². The molecule has 2 nitrogen and oxygen atoms in total. The van der Waals surface area contributed by atoms with Crippen molar-refractivity contribution >= 4 is 32.6 Å². The quantitative estimate of drug-likeness (QED) is 0.893. The third kappa shape index (κ3) is 3.35. The van der Waals surface area contributed by atoms with Crippen LogP contribution >= 0.6 is 15.9 Å². The van der Waals surface area contributed by atoms with Gasteiger partial charge in [0.25, 0.3) is 5.91 Å². The van der Waals surface area contributed by atoms with Crippen molar-refractivity contribution in [1.82, 2.24) is 5.32 Å². The van der Waals surface area contributed by atoms with E-state index < -0.39 is 0 Å². The molecule has 0 bridgehead atoms. The molecule has 2 rings (SSSR count). The summed E-state index contributed by atoms with van der Waals surface area (Å²) in [4.78, 5) is 12.1. The maximum absolute atomic E-state index is 12.1. The summed E-state index contributed by atoms with van der Waals surface area (Å²) in [7, 11) is 0. The number of amides is 1. The molecular weight excluding hydrogens is 302 g/mol. The van der Waals surface area contributed by atoms with E-state index in [4.69, 9.17) is 0 Å². The van der Waals surface area contributed by atoms with Gasteiger partial charge in [-0.05, 0) is 47.9 Å². The predicted octanol–water partition coefficient (Wildman–Crippen LogP) is 4.38. The fourth-order valence-electron chi connectivity index (χ4n) is 1.81. The Morgan fingerprint density at radius 1 is 1.05 bits per heavy atom. The molecular formula is C16H18BrNO. The molecule has 1 atom stereocenters. The molecule has 1 unspecified atom stereocenters. The number of carbonyl (C=O) groups excluding carboxylic acids is 1. The molecule has 1 N–H and O–H groups in total. The zero-order valence-electron chi connectivity index (χ0n) is 11.4. The minimum absolute atomic E-state index is 0.00832. The highest BCUT2D eigenvalue weighted by atomic mass is 79.9. The van der Waals surface area contributed by atoms with Gasteiger partial charge >= 0.3 is 0 Å². The molecule has 0 saturated heterocycles. The summed E-state index contributed by atoms with van der Waals surface area (Å²) in [5.41, 5.74) is 0.710. The molecule has 3 heteroatoms. The van der Waals surface area contributed by atoms with Gasteiger partial charge in [-0.15, -0.1) is 0 Å². The molecule has 2 aromatic rings. The SMILES string of the molecule is CC(C)C(C)NC(=O)c1ccc2cc(Br)ccc2c1. The Kier molecular flexibility index (Phi) is 4.25. The minimum Gasteiger partial charge on any atom is -0.349 e. The number of nitrogens with one attached hydrogen (secondary N) is 1. The number of carbonyl (C=O) groups is 1. The van der Waals surface area contributed by atoms with Gasteiger partial charge in [-0.2, -0.15) is 0 Å². The largest absolute Gasteiger partial charge is 0.349 e. The van der Waals surface area contributed by atoms with Crippen molar-refractivity contribution in [3.05, 3.63) is 46.4 Å². The van der Waals surface area contributed by atoms with Crippen molar-refractivity contribution in [2.45, 2.75) is 26.8 Å². The smallest absolute Gasteiger partial charge is 0.251 e. The normalized spacial score (nSPS) is 12.7. The van der Waals surface area contributed by atoms with Crippen LogP contribution in [0.2, 0.25) is 0 Å². The lowest BCUT2D eigenvalue weighted by atomic mass is 10.0. The summed E-state index contributed by atoms with van der Waals surface area (Å²) in [6, 6.07) is 12.0. The van der Waals surface area contributed by atoms with Crippen molar-refractivity contribution in [3.8, 4) is 0 Å². The second-order valence-corrected chi connectivity index (χ2v) is 6.13. The summed E-state index contributed by atoms with van der Waals surface area (Å²) in [5.74, 6) is 0.423. The van der Waals surface area contributed by atoms with E-state index in [1.54, 1.807) is 0 Å². The van der Waals surface area contributed by atoms with Crippen molar-refractivity contribution < 1.29 is 4.79 Å². The van der Waals surface area contributed by atoms with Crippen LogP contribution in [0.3, 0.4) is 0 Å². The van der Waals surface area contributed by atoms with Gasteiger partial charge in [0.15, 0.2) is 0 Å². The third-order valence-electron chi connectivity index (χ3n) is 3.42. The number of hydrogen-bond donors (Lipinski definition) is 1. The van der Waals surface area contributed by atoms with Gasteiger partial charge in [0.1, 0.15) is 0 Å². The Morgan fingerprint density at radius 2 is 1.68 bits per heavy atom. The Balaban J connectivity index is 2.26. The van der Waals surface area contributed by atoms with E-state index in [-0.39, 0.29) is 11.9 Å². The van der Waals surface area contributed by atoms with Crippen molar-refractivity contribution in [1.29, 1.82) is 0 Å². The van der Waals surface area contributed by atoms with Crippen LogP contribution in [0.15, 0.2) is 40.9 Å². The Hall–Kier alpha value is -1.35. The zero-order valence-corrected chi connectivity index (χ0v) is 13.0. The molecule has 0 aliphatic carbocycles.